The molecular formula is C58H41NO. The third kappa shape index (κ3) is 6.59. The van der Waals surface area contributed by atoms with Gasteiger partial charge in [0.1, 0.15) is 11.3 Å². The van der Waals surface area contributed by atoms with Crippen LogP contribution >= 0.6 is 0 Å². The van der Waals surface area contributed by atoms with Crippen molar-refractivity contribution in [1.29, 1.82) is 0 Å². The van der Waals surface area contributed by atoms with Gasteiger partial charge in [-0.15, -0.1) is 0 Å². The normalized spacial score (nSPS) is 12.1. The van der Waals surface area contributed by atoms with Gasteiger partial charge in [0, 0.05) is 33.6 Å². The molecule has 11 rings (SSSR count). The molecule has 284 valence electrons. The van der Waals surface area contributed by atoms with E-state index in [0.29, 0.717) is 0 Å². The van der Waals surface area contributed by atoms with E-state index in [0.717, 1.165) is 52.4 Å². The van der Waals surface area contributed by atoms with Crippen molar-refractivity contribution >= 4 is 44.9 Å². The SMILES string of the molecule is C1=Cc2oc3c(-c4ccc(N(c5ccc(-c6cccc(-c7ccc8ccccc8c7)c6)cc5)c5cccc(-c6ccccc6-c6ccccc6)c5)cc4)cccc3c2CC1. The summed E-state index contributed by atoms with van der Waals surface area (Å²) in [5.74, 6) is 0.990. The Labute approximate surface area is 351 Å². The van der Waals surface area contributed by atoms with Crippen LogP contribution < -0.4 is 4.90 Å². The first kappa shape index (κ1) is 35.5. The van der Waals surface area contributed by atoms with Gasteiger partial charge in [-0.2, -0.15) is 0 Å². The smallest absolute Gasteiger partial charge is 0.142 e. The molecule has 0 spiro atoms. The molecule has 0 N–H and O–H groups in total. The van der Waals surface area contributed by atoms with Crippen molar-refractivity contribution in [2.24, 2.45) is 0 Å². The highest BCUT2D eigenvalue weighted by Gasteiger charge is 2.19. The first-order valence-corrected chi connectivity index (χ1v) is 20.8. The predicted octanol–water partition coefficient (Wildman–Crippen LogP) is 16.4. The zero-order chi connectivity index (χ0) is 39.8. The van der Waals surface area contributed by atoms with Crippen LogP contribution in [0, 0.1) is 0 Å². The molecule has 0 fully saturated rings. The van der Waals surface area contributed by atoms with Crippen LogP contribution in [0.2, 0.25) is 0 Å². The maximum Gasteiger partial charge on any atom is 0.142 e. The molecule has 60 heavy (non-hydrogen) atoms. The Kier molecular flexibility index (Phi) is 9.02. The molecular weight excluding hydrogens is 727 g/mol. The molecule has 1 aliphatic rings. The number of hydrogen-bond acceptors (Lipinski definition) is 2. The zero-order valence-electron chi connectivity index (χ0n) is 33.1. The average molecular weight is 768 g/mol. The monoisotopic (exact) mass is 767 g/mol. The standard InChI is InChI=1S/C58H41NO/c1-2-14-42(15-3-1)52-21-6-7-22-53(52)48-19-11-20-51(39-48)59(50-35-31-43(32-36-50)54-24-12-25-56-55-23-8-9-26-57(55)60-58(54)56)49-33-29-41(30-34-49)45-17-10-18-46(37-45)47-28-27-40-13-4-5-16-44(40)38-47/h1-7,9-22,24-39H,8,23H2. The van der Waals surface area contributed by atoms with Gasteiger partial charge in [0.2, 0.25) is 0 Å². The number of aryl methyl sites for hydroxylation is 1. The van der Waals surface area contributed by atoms with Gasteiger partial charge in [-0.1, -0.05) is 170 Å². The van der Waals surface area contributed by atoms with Crippen LogP contribution in [-0.2, 0) is 6.42 Å². The van der Waals surface area contributed by atoms with Gasteiger partial charge >= 0.3 is 0 Å². The summed E-state index contributed by atoms with van der Waals surface area (Å²) in [7, 11) is 0. The average Bonchev–Trinajstić information content (AvgIpc) is 3.72. The van der Waals surface area contributed by atoms with Crippen molar-refractivity contribution in [1.82, 2.24) is 0 Å². The first-order chi connectivity index (χ1) is 29.7. The minimum Gasteiger partial charge on any atom is -0.456 e. The van der Waals surface area contributed by atoms with Gasteiger partial charge in [0.25, 0.3) is 0 Å². The lowest BCUT2D eigenvalue weighted by molar-refractivity contribution is 0.596. The highest BCUT2D eigenvalue weighted by Crippen LogP contribution is 2.42. The summed E-state index contributed by atoms with van der Waals surface area (Å²) in [6.45, 7) is 0. The van der Waals surface area contributed by atoms with Gasteiger partial charge in [-0.25, -0.2) is 0 Å². The minimum atomic E-state index is 0.962. The number of nitrogens with zero attached hydrogens (tertiary/aromatic N) is 1. The number of allylic oxidation sites excluding steroid dienone is 1. The predicted molar refractivity (Wildman–Crippen MR) is 253 cm³/mol. The van der Waals surface area contributed by atoms with Crippen molar-refractivity contribution in [2.45, 2.75) is 12.8 Å². The van der Waals surface area contributed by atoms with E-state index in [1.165, 1.54) is 66.2 Å². The van der Waals surface area contributed by atoms with Gasteiger partial charge in [0.15, 0.2) is 0 Å². The van der Waals surface area contributed by atoms with Gasteiger partial charge in [-0.3, -0.25) is 0 Å². The number of para-hydroxylation sites is 1. The van der Waals surface area contributed by atoms with Gasteiger partial charge in [0.05, 0.1) is 0 Å². The quantitative estimate of drug-likeness (QED) is 0.153. The van der Waals surface area contributed by atoms with Crippen LogP contribution in [0.25, 0.3) is 83.5 Å². The third-order valence-electron chi connectivity index (χ3n) is 11.9. The van der Waals surface area contributed by atoms with Crippen LogP contribution in [0.15, 0.2) is 223 Å². The van der Waals surface area contributed by atoms with Crippen molar-refractivity contribution in [3.8, 4) is 55.6 Å². The summed E-state index contributed by atoms with van der Waals surface area (Å²) in [6.07, 6.45) is 6.40. The number of rotatable bonds is 8. The molecule has 0 atom stereocenters. The molecule has 0 saturated carbocycles. The molecule has 1 heterocycles. The largest absolute Gasteiger partial charge is 0.456 e. The second-order valence-electron chi connectivity index (χ2n) is 15.6. The Morgan fingerprint density at radius 2 is 0.933 bits per heavy atom. The van der Waals surface area contributed by atoms with Crippen molar-refractivity contribution < 1.29 is 4.42 Å². The Balaban J connectivity index is 0.985. The van der Waals surface area contributed by atoms with Crippen LogP contribution in [0.1, 0.15) is 17.7 Å². The summed E-state index contributed by atoms with van der Waals surface area (Å²) in [5.41, 5.74) is 17.3. The number of anilines is 3. The van der Waals surface area contributed by atoms with Crippen molar-refractivity contribution in [3.05, 3.63) is 230 Å². The van der Waals surface area contributed by atoms with Crippen LogP contribution in [0.4, 0.5) is 17.1 Å². The molecule has 2 heteroatoms. The molecule has 1 aromatic heterocycles. The second-order valence-corrected chi connectivity index (χ2v) is 15.6. The topological polar surface area (TPSA) is 16.4 Å². The molecule has 0 aliphatic heterocycles. The lowest BCUT2D eigenvalue weighted by Crippen LogP contribution is -2.10. The molecule has 10 aromatic rings. The van der Waals surface area contributed by atoms with E-state index in [4.69, 9.17) is 4.42 Å². The fourth-order valence-electron chi connectivity index (χ4n) is 8.93. The summed E-state index contributed by atoms with van der Waals surface area (Å²) in [5, 5.41) is 3.72. The maximum atomic E-state index is 6.49. The van der Waals surface area contributed by atoms with E-state index >= 15 is 0 Å². The van der Waals surface area contributed by atoms with E-state index in [9.17, 15) is 0 Å². The number of hydrogen-bond donors (Lipinski definition) is 0. The highest BCUT2D eigenvalue weighted by atomic mass is 16.3. The summed E-state index contributed by atoms with van der Waals surface area (Å²) < 4.78 is 6.49. The lowest BCUT2D eigenvalue weighted by Gasteiger charge is -2.26. The van der Waals surface area contributed by atoms with Crippen LogP contribution in [0.3, 0.4) is 0 Å². The van der Waals surface area contributed by atoms with Crippen LogP contribution in [-0.4, -0.2) is 0 Å². The Bertz CT molecular complexity index is 3190. The number of benzene rings is 9. The molecule has 0 amide bonds. The van der Waals surface area contributed by atoms with E-state index in [-0.39, 0.29) is 0 Å². The Hall–Kier alpha value is -7.68. The van der Waals surface area contributed by atoms with Crippen LogP contribution in [0.5, 0.6) is 0 Å². The van der Waals surface area contributed by atoms with E-state index in [1.54, 1.807) is 0 Å². The molecule has 0 bridgehead atoms. The van der Waals surface area contributed by atoms with E-state index < -0.39 is 0 Å². The highest BCUT2D eigenvalue weighted by molar-refractivity contribution is 5.97. The Morgan fingerprint density at radius 3 is 1.73 bits per heavy atom. The van der Waals surface area contributed by atoms with Gasteiger partial charge in [-0.05, 0) is 128 Å². The number of fused-ring (bicyclic) bond motifs is 4. The third-order valence-corrected chi connectivity index (χ3v) is 11.9. The zero-order valence-corrected chi connectivity index (χ0v) is 33.1. The summed E-state index contributed by atoms with van der Waals surface area (Å²) >= 11 is 0. The fraction of sp³-hybridized carbons (Fsp3) is 0.0345. The lowest BCUT2D eigenvalue weighted by atomic mass is 9.94. The Morgan fingerprint density at radius 1 is 0.367 bits per heavy atom. The van der Waals surface area contributed by atoms with Crippen molar-refractivity contribution in [3.63, 3.8) is 0 Å². The van der Waals surface area contributed by atoms with Crippen molar-refractivity contribution in [2.75, 3.05) is 4.90 Å². The molecule has 0 radical (unpaired) electrons. The molecule has 2 nitrogen and oxygen atoms in total. The second kappa shape index (κ2) is 15.2. The molecule has 0 unspecified atom stereocenters. The fourth-order valence-corrected chi connectivity index (χ4v) is 8.93. The minimum absolute atomic E-state index is 0.962. The molecule has 9 aromatic carbocycles. The van der Waals surface area contributed by atoms with E-state index in [2.05, 4.69) is 229 Å². The molecule has 1 aliphatic carbocycles. The van der Waals surface area contributed by atoms with Gasteiger partial charge < -0.3 is 9.32 Å². The summed E-state index contributed by atoms with van der Waals surface area (Å²) in [6, 6.07) is 76.9. The summed E-state index contributed by atoms with van der Waals surface area (Å²) in [4.78, 5) is 2.37. The maximum absolute atomic E-state index is 6.49. The number of furan rings is 1. The molecule has 0 saturated heterocycles. The first-order valence-electron chi connectivity index (χ1n) is 20.8. The van der Waals surface area contributed by atoms with E-state index in [1.807, 2.05) is 0 Å².